The molecule has 3 rings (SSSR count). The second-order valence-corrected chi connectivity index (χ2v) is 5.52. The lowest BCUT2D eigenvalue weighted by atomic mass is 10.0. The first-order chi connectivity index (χ1) is 10.2. The minimum absolute atomic E-state index is 0.0976. The largest absolute Gasteiger partial charge is 0.361 e. The van der Waals surface area contributed by atoms with Crippen LogP contribution in [0.2, 0.25) is 0 Å². The molecule has 0 unspecified atom stereocenters. The van der Waals surface area contributed by atoms with Crippen molar-refractivity contribution in [1.29, 1.82) is 0 Å². The first-order valence-corrected chi connectivity index (χ1v) is 7.28. The van der Waals surface area contributed by atoms with Crippen molar-refractivity contribution in [1.82, 2.24) is 15.0 Å². The number of carbonyl (C=O) groups is 1. The SMILES string of the molecule is Cc1noc(C)c1[C@@H]1CCCN1C(=O)Cc1cccnc1. The summed E-state index contributed by atoms with van der Waals surface area (Å²) in [6.45, 7) is 4.65. The highest BCUT2D eigenvalue weighted by molar-refractivity contribution is 5.79. The average Bonchev–Trinajstić information content (AvgIpc) is 3.07. The predicted molar refractivity (Wildman–Crippen MR) is 77.6 cm³/mol. The summed E-state index contributed by atoms with van der Waals surface area (Å²) >= 11 is 0. The van der Waals surface area contributed by atoms with Gasteiger partial charge in [-0.1, -0.05) is 11.2 Å². The van der Waals surface area contributed by atoms with Gasteiger partial charge in [0.15, 0.2) is 0 Å². The van der Waals surface area contributed by atoms with Crippen molar-refractivity contribution in [2.24, 2.45) is 0 Å². The minimum Gasteiger partial charge on any atom is -0.361 e. The van der Waals surface area contributed by atoms with Gasteiger partial charge in [-0.3, -0.25) is 9.78 Å². The number of aromatic nitrogens is 2. The molecule has 0 saturated carbocycles. The maximum absolute atomic E-state index is 12.6. The van der Waals surface area contributed by atoms with E-state index in [0.29, 0.717) is 6.42 Å². The van der Waals surface area contributed by atoms with E-state index in [4.69, 9.17) is 4.52 Å². The summed E-state index contributed by atoms with van der Waals surface area (Å²) in [5.41, 5.74) is 2.91. The highest BCUT2D eigenvalue weighted by atomic mass is 16.5. The third kappa shape index (κ3) is 2.68. The van der Waals surface area contributed by atoms with Gasteiger partial charge in [-0.15, -0.1) is 0 Å². The summed E-state index contributed by atoms with van der Waals surface area (Å²) in [6.07, 6.45) is 5.86. The molecule has 1 aliphatic heterocycles. The molecule has 0 bridgehead atoms. The number of hydrogen-bond donors (Lipinski definition) is 0. The van der Waals surface area contributed by atoms with E-state index in [0.717, 1.165) is 42.0 Å². The van der Waals surface area contributed by atoms with E-state index >= 15 is 0 Å². The number of nitrogens with zero attached hydrogens (tertiary/aromatic N) is 3. The van der Waals surface area contributed by atoms with E-state index in [9.17, 15) is 4.79 Å². The third-order valence-electron chi connectivity index (χ3n) is 4.07. The summed E-state index contributed by atoms with van der Waals surface area (Å²) in [5.74, 6) is 0.962. The number of likely N-dealkylation sites (tertiary alicyclic amines) is 1. The van der Waals surface area contributed by atoms with Gasteiger partial charge in [0.1, 0.15) is 5.76 Å². The Morgan fingerprint density at radius 1 is 1.48 bits per heavy atom. The lowest BCUT2D eigenvalue weighted by molar-refractivity contribution is -0.131. The minimum atomic E-state index is 0.0976. The fraction of sp³-hybridized carbons (Fsp3) is 0.438. The van der Waals surface area contributed by atoms with Gasteiger partial charge in [0.05, 0.1) is 18.2 Å². The molecule has 5 heteroatoms. The lowest BCUT2D eigenvalue weighted by Gasteiger charge is -2.24. The van der Waals surface area contributed by atoms with Crippen LogP contribution in [0, 0.1) is 13.8 Å². The molecule has 110 valence electrons. The molecule has 21 heavy (non-hydrogen) atoms. The summed E-state index contributed by atoms with van der Waals surface area (Å²) in [5, 5.41) is 4.02. The van der Waals surface area contributed by atoms with Crippen LogP contribution >= 0.6 is 0 Å². The number of rotatable bonds is 3. The van der Waals surface area contributed by atoms with Crippen molar-refractivity contribution in [3.05, 3.63) is 47.1 Å². The molecule has 1 fully saturated rings. The van der Waals surface area contributed by atoms with Gasteiger partial charge in [-0.2, -0.15) is 0 Å². The van der Waals surface area contributed by atoms with Crippen molar-refractivity contribution in [3.8, 4) is 0 Å². The van der Waals surface area contributed by atoms with Crippen LogP contribution in [0.1, 0.15) is 41.5 Å². The highest BCUT2D eigenvalue weighted by Gasteiger charge is 2.33. The van der Waals surface area contributed by atoms with E-state index in [1.165, 1.54) is 0 Å². The van der Waals surface area contributed by atoms with Crippen LogP contribution in [0.5, 0.6) is 0 Å². The van der Waals surface area contributed by atoms with Gasteiger partial charge in [0.2, 0.25) is 5.91 Å². The Morgan fingerprint density at radius 3 is 3.00 bits per heavy atom. The standard InChI is InChI=1S/C16H19N3O2/c1-11-16(12(2)21-18-11)14-6-4-8-19(14)15(20)9-13-5-3-7-17-10-13/h3,5,7,10,14H,4,6,8-9H2,1-2H3/t14-/m0/s1. The topological polar surface area (TPSA) is 59.2 Å². The fourth-order valence-corrected chi connectivity index (χ4v) is 3.11. The highest BCUT2D eigenvalue weighted by Crippen LogP contribution is 2.35. The smallest absolute Gasteiger partial charge is 0.227 e. The van der Waals surface area contributed by atoms with Gasteiger partial charge >= 0.3 is 0 Å². The van der Waals surface area contributed by atoms with E-state index in [1.807, 2.05) is 30.9 Å². The Labute approximate surface area is 124 Å². The summed E-state index contributed by atoms with van der Waals surface area (Å²) in [4.78, 5) is 18.6. The van der Waals surface area contributed by atoms with Crippen LogP contribution in [0.25, 0.3) is 0 Å². The Kier molecular flexibility index (Phi) is 3.73. The van der Waals surface area contributed by atoms with Gasteiger partial charge in [-0.25, -0.2) is 0 Å². The lowest BCUT2D eigenvalue weighted by Crippen LogP contribution is -2.32. The van der Waals surface area contributed by atoms with Crippen molar-refractivity contribution in [2.75, 3.05) is 6.54 Å². The molecule has 1 atom stereocenters. The van der Waals surface area contributed by atoms with E-state index in [-0.39, 0.29) is 11.9 Å². The number of amides is 1. The van der Waals surface area contributed by atoms with Crippen molar-refractivity contribution < 1.29 is 9.32 Å². The first kappa shape index (κ1) is 13.8. The number of hydrogen-bond acceptors (Lipinski definition) is 4. The Bertz CT molecular complexity index is 617. The maximum atomic E-state index is 12.6. The quantitative estimate of drug-likeness (QED) is 0.869. The summed E-state index contributed by atoms with van der Waals surface area (Å²) in [6, 6.07) is 3.89. The zero-order chi connectivity index (χ0) is 14.8. The maximum Gasteiger partial charge on any atom is 0.227 e. The van der Waals surface area contributed by atoms with Crippen molar-refractivity contribution in [2.45, 2.75) is 39.2 Å². The Balaban J connectivity index is 1.80. The average molecular weight is 285 g/mol. The molecule has 1 aliphatic rings. The normalized spacial score (nSPS) is 18.2. The predicted octanol–water partition coefficient (Wildman–Crippen LogP) is 2.59. The summed E-state index contributed by atoms with van der Waals surface area (Å²) in [7, 11) is 0. The molecule has 2 aromatic rings. The van der Waals surface area contributed by atoms with Crippen molar-refractivity contribution in [3.63, 3.8) is 0 Å². The second-order valence-electron chi connectivity index (χ2n) is 5.52. The molecule has 0 radical (unpaired) electrons. The number of aryl methyl sites for hydroxylation is 2. The van der Waals surface area contributed by atoms with Gasteiger partial charge in [0, 0.05) is 24.5 Å². The van der Waals surface area contributed by atoms with E-state index < -0.39 is 0 Å². The zero-order valence-electron chi connectivity index (χ0n) is 12.4. The van der Waals surface area contributed by atoms with Crippen LogP contribution in [-0.4, -0.2) is 27.5 Å². The Morgan fingerprint density at radius 2 is 2.33 bits per heavy atom. The van der Waals surface area contributed by atoms with Gasteiger partial charge < -0.3 is 9.42 Å². The van der Waals surface area contributed by atoms with Gasteiger partial charge in [-0.05, 0) is 38.3 Å². The molecule has 0 aliphatic carbocycles. The van der Waals surface area contributed by atoms with Crippen LogP contribution < -0.4 is 0 Å². The molecule has 1 saturated heterocycles. The van der Waals surface area contributed by atoms with Gasteiger partial charge in [0.25, 0.3) is 0 Å². The van der Waals surface area contributed by atoms with E-state index in [2.05, 4.69) is 10.1 Å². The molecule has 0 spiro atoms. The van der Waals surface area contributed by atoms with E-state index in [1.54, 1.807) is 12.4 Å². The monoisotopic (exact) mass is 285 g/mol. The molecule has 2 aromatic heterocycles. The molecular formula is C16H19N3O2. The van der Waals surface area contributed by atoms with Crippen LogP contribution in [0.3, 0.4) is 0 Å². The fourth-order valence-electron chi connectivity index (χ4n) is 3.11. The molecular weight excluding hydrogens is 266 g/mol. The van der Waals surface area contributed by atoms with Crippen LogP contribution in [-0.2, 0) is 11.2 Å². The molecule has 1 amide bonds. The zero-order valence-corrected chi connectivity index (χ0v) is 12.4. The van der Waals surface area contributed by atoms with Crippen LogP contribution in [0.15, 0.2) is 29.0 Å². The second kappa shape index (κ2) is 5.68. The number of pyridine rings is 1. The third-order valence-corrected chi connectivity index (χ3v) is 4.07. The number of carbonyl (C=O) groups excluding carboxylic acids is 1. The first-order valence-electron chi connectivity index (χ1n) is 7.28. The van der Waals surface area contributed by atoms with Crippen molar-refractivity contribution >= 4 is 5.91 Å². The van der Waals surface area contributed by atoms with Crippen LogP contribution in [0.4, 0.5) is 0 Å². The Hall–Kier alpha value is -2.17. The molecule has 5 nitrogen and oxygen atoms in total. The molecule has 3 heterocycles. The summed E-state index contributed by atoms with van der Waals surface area (Å²) < 4.78 is 5.26. The molecule has 0 N–H and O–H groups in total. The molecule has 0 aromatic carbocycles.